The highest BCUT2D eigenvalue weighted by molar-refractivity contribution is 5.91. The zero-order chi connectivity index (χ0) is 13.3. The Balaban J connectivity index is 1.91. The van der Waals surface area contributed by atoms with Crippen LogP contribution in [-0.2, 0) is 0 Å². The fourth-order valence-corrected chi connectivity index (χ4v) is 3.00. The van der Waals surface area contributed by atoms with Crippen LogP contribution in [0.5, 0.6) is 0 Å². The average molecular weight is 257 g/mol. The van der Waals surface area contributed by atoms with Crippen LogP contribution in [-0.4, -0.2) is 34.5 Å². The van der Waals surface area contributed by atoms with Crippen molar-refractivity contribution in [2.45, 2.75) is 31.3 Å². The lowest BCUT2D eigenvalue weighted by Crippen LogP contribution is -2.39. The van der Waals surface area contributed by atoms with Crippen LogP contribution < -0.4 is 4.90 Å². The molecule has 0 aliphatic heterocycles. The van der Waals surface area contributed by atoms with Crippen LogP contribution in [0.25, 0.3) is 10.8 Å². The second-order valence-corrected chi connectivity index (χ2v) is 5.54. The smallest absolute Gasteiger partial charge is 0.158 e. The first-order chi connectivity index (χ1) is 9.18. The summed E-state index contributed by atoms with van der Waals surface area (Å²) in [5, 5.41) is 21.0. The number of nitrogens with zero attached hydrogens (tertiary/aromatic N) is 3. The van der Waals surface area contributed by atoms with Crippen LogP contribution in [0.4, 0.5) is 5.82 Å². The molecule has 1 N–H and O–H groups in total. The number of anilines is 1. The molecule has 4 heteroatoms. The second-order valence-electron chi connectivity index (χ2n) is 5.54. The van der Waals surface area contributed by atoms with Crippen molar-refractivity contribution >= 4 is 16.6 Å². The maximum absolute atomic E-state index is 10.5. The van der Waals surface area contributed by atoms with Gasteiger partial charge in [-0.2, -0.15) is 5.10 Å². The first-order valence-electron chi connectivity index (χ1n) is 6.82. The largest absolute Gasteiger partial charge is 0.388 e. The first-order valence-corrected chi connectivity index (χ1v) is 6.82. The Morgan fingerprint density at radius 2 is 2.00 bits per heavy atom. The normalized spacial score (nSPS) is 17.8. The molecule has 1 aromatic carbocycles. The molecule has 3 rings (SSSR count). The minimum absolute atomic E-state index is 0.562. The summed E-state index contributed by atoms with van der Waals surface area (Å²) in [7, 11) is 1.98. The summed E-state index contributed by atoms with van der Waals surface area (Å²) in [6.45, 7) is 0.621. The third-order valence-electron chi connectivity index (χ3n) is 3.98. The molecular formula is C15H19N3O. The third-order valence-corrected chi connectivity index (χ3v) is 3.98. The summed E-state index contributed by atoms with van der Waals surface area (Å²) >= 11 is 0. The third kappa shape index (κ3) is 2.40. The van der Waals surface area contributed by atoms with E-state index in [9.17, 15) is 5.11 Å². The molecule has 0 radical (unpaired) electrons. The Bertz CT molecular complexity index is 573. The van der Waals surface area contributed by atoms with Gasteiger partial charge in [-0.15, -0.1) is 5.10 Å². The minimum atomic E-state index is -0.562. The number of aliphatic hydroxyl groups is 1. The minimum Gasteiger partial charge on any atom is -0.388 e. The summed E-state index contributed by atoms with van der Waals surface area (Å²) in [5.74, 6) is 0.846. The molecule has 4 nitrogen and oxygen atoms in total. The van der Waals surface area contributed by atoms with Gasteiger partial charge in [0.2, 0.25) is 0 Å². The molecule has 1 aliphatic rings. The molecule has 0 atom stereocenters. The molecule has 1 aliphatic carbocycles. The van der Waals surface area contributed by atoms with Gasteiger partial charge in [-0.3, -0.25) is 0 Å². The summed E-state index contributed by atoms with van der Waals surface area (Å²) in [5.41, 5.74) is -0.562. The van der Waals surface area contributed by atoms with E-state index in [1.54, 1.807) is 6.20 Å². The lowest BCUT2D eigenvalue weighted by atomic mass is 10.0. The van der Waals surface area contributed by atoms with E-state index in [4.69, 9.17) is 0 Å². The van der Waals surface area contributed by atoms with Gasteiger partial charge in [0.15, 0.2) is 5.82 Å². The standard InChI is InChI=1S/C15H19N3O/c1-18(11-15(19)8-4-5-9-15)14-13-7-3-2-6-12(13)10-16-17-14/h2-3,6-7,10,19H,4-5,8-9,11H2,1H3. The van der Waals surface area contributed by atoms with E-state index in [1.165, 1.54) is 0 Å². The van der Waals surface area contributed by atoms with Crippen molar-refractivity contribution in [1.29, 1.82) is 0 Å². The topological polar surface area (TPSA) is 49.2 Å². The number of likely N-dealkylation sites (N-methyl/N-ethyl adjacent to an activating group) is 1. The molecule has 0 bridgehead atoms. The molecule has 0 amide bonds. The number of rotatable bonds is 3. The zero-order valence-electron chi connectivity index (χ0n) is 11.2. The predicted octanol–water partition coefficient (Wildman–Crippen LogP) is 2.37. The van der Waals surface area contributed by atoms with Gasteiger partial charge in [0.05, 0.1) is 11.8 Å². The predicted molar refractivity (Wildman–Crippen MR) is 76.2 cm³/mol. The molecule has 1 fully saturated rings. The number of aromatic nitrogens is 2. The molecule has 1 heterocycles. The molecule has 100 valence electrons. The molecule has 0 saturated heterocycles. The summed E-state index contributed by atoms with van der Waals surface area (Å²) in [6, 6.07) is 8.09. The van der Waals surface area contributed by atoms with E-state index in [-0.39, 0.29) is 0 Å². The highest BCUT2D eigenvalue weighted by Crippen LogP contribution is 2.32. The molecule has 0 unspecified atom stereocenters. The van der Waals surface area contributed by atoms with Crippen molar-refractivity contribution in [1.82, 2.24) is 10.2 Å². The van der Waals surface area contributed by atoms with Crippen molar-refractivity contribution < 1.29 is 5.11 Å². The Morgan fingerprint density at radius 3 is 2.79 bits per heavy atom. The fraction of sp³-hybridized carbons (Fsp3) is 0.467. The van der Waals surface area contributed by atoms with Crippen LogP contribution in [0, 0.1) is 0 Å². The summed E-state index contributed by atoms with van der Waals surface area (Å²) in [6.07, 6.45) is 5.78. The Labute approximate surface area is 113 Å². The van der Waals surface area contributed by atoms with Gasteiger partial charge >= 0.3 is 0 Å². The summed E-state index contributed by atoms with van der Waals surface area (Å²) in [4.78, 5) is 2.03. The lowest BCUT2D eigenvalue weighted by molar-refractivity contribution is 0.0558. The van der Waals surface area contributed by atoms with E-state index < -0.39 is 5.60 Å². The highest BCUT2D eigenvalue weighted by atomic mass is 16.3. The Hall–Kier alpha value is -1.68. The quantitative estimate of drug-likeness (QED) is 0.917. The monoisotopic (exact) mass is 257 g/mol. The van der Waals surface area contributed by atoms with Gasteiger partial charge in [-0.25, -0.2) is 0 Å². The van der Waals surface area contributed by atoms with E-state index in [2.05, 4.69) is 16.3 Å². The zero-order valence-corrected chi connectivity index (χ0v) is 11.2. The van der Waals surface area contributed by atoms with E-state index >= 15 is 0 Å². The van der Waals surface area contributed by atoms with Gasteiger partial charge in [-0.05, 0) is 12.8 Å². The van der Waals surface area contributed by atoms with Crippen molar-refractivity contribution in [2.24, 2.45) is 0 Å². The lowest BCUT2D eigenvalue weighted by Gasteiger charge is -2.29. The van der Waals surface area contributed by atoms with Crippen molar-refractivity contribution in [3.05, 3.63) is 30.5 Å². The van der Waals surface area contributed by atoms with Crippen molar-refractivity contribution in [3.63, 3.8) is 0 Å². The van der Waals surface area contributed by atoms with E-state index in [0.29, 0.717) is 6.54 Å². The maximum Gasteiger partial charge on any atom is 0.158 e. The Kier molecular flexibility index (Phi) is 3.11. The van der Waals surface area contributed by atoms with Crippen LogP contribution in [0.3, 0.4) is 0 Å². The van der Waals surface area contributed by atoms with Crippen molar-refractivity contribution in [3.8, 4) is 0 Å². The van der Waals surface area contributed by atoms with Crippen LogP contribution in [0.1, 0.15) is 25.7 Å². The molecule has 0 spiro atoms. The van der Waals surface area contributed by atoms with Gasteiger partial charge in [0.1, 0.15) is 0 Å². The molecule has 1 aromatic heterocycles. The summed E-state index contributed by atoms with van der Waals surface area (Å²) < 4.78 is 0. The number of fused-ring (bicyclic) bond motifs is 1. The van der Waals surface area contributed by atoms with Crippen LogP contribution >= 0.6 is 0 Å². The highest BCUT2D eigenvalue weighted by Gasteiger charge is 2.32. The molecular weight excluding hydrogens is 238 g/mol. The molecule has 2 aromatic rings. The SMILES string of the molecule is CN(CC1(O)CCCC1)c1nncc2ccccc12. The first kappa shape index (κ1) is 12.4. The van der Waals surface area contributed by atoms with Crippen LogP contribution in [0.15, 0.2) is 30.5 Å². The van der Waals surface area contributed by atoms with Gasteiger partial charge in [0, 0.05) is 24.4 Å². The van der Waals surface area contributed by atoms with Crippen LogP contribution in [0.2, 0.25) is 0 Å². The number of hydrogen-bond donors (Lipinski definition) is 1. The molecule has 19 heavy (non-hydrogen) atoms. The average Bonchev–Trinajstić information content (AvgIpc) is 2.84. The maximum atomic E-state index is 10.5. The molecule has 1 saturated carbocycles. The van der Waals surface area contributed by atoms with Crippen molar-refractivity contribution in [2.75, 3.05) is 18.5 Å². The van der Waals surface area contributed by atoms with Gasteiger partial charge in [0.25, 0.3) is 0 Å². The van der Waals surface area contributed by atoms with E-state index in [0.717, 1.165) is 42.3 Å². The van der Waals surface area contributed by atoms with Gasteiger partial charge < -0.3 is 10.0 Å². The fourth-order valence-electron chi connectivity index (χ4n) is 3.00. The second kappa shape index (κ2) is 4.78. The van der Waals surface area contributed by atoms with E-state index in [1.807, 2.05) is 30.1 Å². The number of hydrogen-bond acceptors (Lipinski definition) is 4. The van der Waals surface area contributed by atoms with Gasteiger partial charge in [-0.1, -0.05) is 37.1 Å². The number of benzene rings is 1. The Morgan fingerprint density at radius 1 is 1.26 bits per heavy atom.